The molecule has 0 radical (unpaired) electrons. The van der Waals surface area contributed by atoms with E-state index in [1.807, 2.05) is 154 Å². The fourth-order valence-electron chi connectivity index (χ4n) is 8.24. The van der Waals surface area contributed by atoms with Gasteiger partial charge in [0.1, 0.15) is 22.8 Å². The molecular formula is C59H56N12O. The molecule has 13 nitrogen and oxygen atoms in total. The van der Waals surface area contributed by atoms with Gasteiger partial charge in [-0.3, -0.25) is 0 Å². The van der Waals surface area contributed by atoms with E-state index in [0.29, 0.717) is 13.1 Å². The molecule has 0 aliphatic carbocycles. The monoisotopic (exact) mass is 948 g/mol. The van der Waals surface area contributed by atoms with E-state index in [0.717, 1.165) is 69.4 Å². The Bertz CT molecular complexity index is 3360. The van der Waals surface area contributed by atoms with Crippen LogP contribution in [0.2, 0.25) is 0 Å². The minimum atomic E-state index is 0.696. The highest BCUT2D eigenvalue weighted by Gasteiger charge is 2.12. The van der Waals surface area contributed by atoms with Crippen LogP contribution in [0.5, 0.6) is 5.75 Å². The molecule has 0 aliphatic rings. The Morgan fingerprint density at radius 3 is 1.35 bits per heavy atom. The third-order valence-electron chi connectivity index (χ3n) is 12.0. The second-order valence-corrected chi connectivity index (χ2v) is 17.7. The first-order chi connectivity index (χ1) is 35.2. The van der Waals surface area contributed by atoms with Crippen molar-refractivity contribution in [3.8, 4) is 45.2 Å². The lowest BCUT2D eigenvalue weighted by Gasteiger charge is -2.09. The molecule has 0 saturated heterocycles. The number of hydrogen-bond donors (Lipinski definition) is 0. The summed E-state index contributed by atoms with van der Waals surface area (Å²) in [6.07, 6.45) is 8.73. The van der Waals surface area contributed by atoms with Crippen molar-refractivity contribution in [2.75, 3.05) is 7.11 Å². The van der Waals surface area contributed by atoms with Gasteiger partial charge in [0.05, 0.1) is 62.9 Å². The number of methoxy groups -OCH3 is 1. The van der Waals surface area contributed by atoms with Crippen molar-refractivity contribution in [3.05, 3.63) is 251 Å². The van der Waals surface area contributed by atoms with Crippen molar-refractivity contribution >= 4 is 0 Å². The second kappa shape index (κ2) is 23.0. The third kappa shape index (κ3) is 12.8. The Labute approximate surface area is 420 Å². The molecule has 0 amide bonds. The van der Waals surface area contributed by atoms with Crippen LogP contribution >= 0.6 is 0 Å². The second-order valence-electron chi connectivity index (χ2n) is 17.7. The van der Waals surface area contributed by atoms with E-state index >= 15 is 0 Å². The van der Waals surface area contributed by atoms with Gasteiger partial charge in [-0.2, -0.15) is 0 Å². The highest BCUT2D eigenvalue weighted by Crippen LogP contribution is 2.26. The van der Waals surface area contributed by atoms with E-state index < -0.39 is 0 Å². The number of rotatable bonds is 13. The number of benzene rings is 7. The SMILES string of the molecule is COc1cc(C)cc(-c2cn(Cc3ccccc3)nn2)c1.Cc1cc(C)c(C)c(-n2cc(Cc3ccccc3)nn2)c1.c1ccc(Cn2cc(-c3cccc(-c4cn(Cc5ccccc5)nn4)c3)nn2)cc1. The molecule has 7 aromatic carbocycles. The van der Waals surface area contributed by atoms with Gasteiger partial charge < -0.3 is 4.74 Å². The summed E-state index contributed by atoms with van der Waals surface area (Å²) >= 11 is 0. The Morgan fingerprint density at radius 2 is 0.861 bits per heavy atom. The van der Waals surface area contributed by atoms with Crippen molar-refractivity contribution < 1.29 is 4.74 Å². The molecule has 0 atom stereocenters. The molecule has 11 aromatic rings. The number of hydrogen-bond acceptors (Lipinski definition) is 9. The van der Waals surface area contributed by atoms with Gasteiger partial charge in [-0.15, -0.1) is 20.4 Å². The lowest BCUT2D eigenvalue weighted by atomic mass is 10.0. The number of ether oxygens (including phenoxy) is 1. The van der Waals surface area contributed by atoms with Crippen molar-refractivity contribution in [3.63, 3.8) is 0 Å². The number of aryl methyl sites for hydroxylation is 3. The van der Waals surface area contributed by atoms with Crippen LogP contribution in [0, 0.1) is 27.7 Å². The van der Waals surface area contributed by atoms with Crippen molar-refractivity contribution in [1.29, 1.82) is 0 Å². The molecule has 0 unspecified atom stereocenters. The van der Waals surface area contributed by atoms with Crippen LogP contribution in [-0.2, 0) is 26.1 Å². The average Bonchev–Trinajstić information content (AvgIpc) is 4.27. The normalized spacial score (nSPS) is 10.8. The lowest BCUT2D eigenvalue weighted by Crippen LogP contribution is -2.00. The molecule has 0 spiro atoms. The van der Waals surface area contributed by atoms with E-state index in [4.69, 9.17) is 4.74 Å². The summed E-state index contributed by atoms with van der Waals surface area (Å²) in [5.74, 6) is 0.836. The first kappa shape index (κ1) is 47.9. The molecule has 0 bridgehead atoms. The van der Waals surface area contributed by atoms with Crippen molar-refractivity contribution in [2.45, 2.75) is 53.8 Å². The molecule has 72 heavy (non-hydrogen) atoms. The van der Waals surface area contributed by atoms with Crippen LogP contribution in [0.1, 0.15) is 50.2 Å². The molecule has 4 heterocycles. The van der Waals surface area contributed by atoms with Gasteiger partial charge in [0.2, 0.25) is 0 Å². The van der Waals surface area contributed by atoms with E-state index in [1.165, 1.54) is 38.9 Å². The summed E-state index contributed by atoms with van der Waals surface area (Å²) in [5.41, 5.74) is 17.4. The highest BCUT2D eigenvalue weighted by molar-refractivity contribution is 5.68. The van der Waals surface area contributed by atoms with Crippen LogP contribution in [0.25, 0.3) is 39.5 Å². The highest BCUT2D eigenvalue weighted by atomic mass is 16.5. The zero-order valence-electron chi connectivity index (χ0n) is 41.2. The molecule has 0 N–H and O–H groups in total. The van der Waals surface area contributed by atoms with E-state index in [-0.39, 0.29) is 0 Å². The predicted octanol–water partition coefficient (Wildman–Crippen LogP) is 11.4. The minimum Gasteiger partial charge on any atom is -0.497 e. The van der Waals surface area contributed by atoms with Gasteiger partial charge >= 0.3 is 0 Å². The summed E-state index contributed by atoms with van der Waals surface area (Å²) in [5, 5.41) is 34.3. The number of aromatic nitrogens is 12. The Morgan fingerprint density at radius 1 is 0.403 bits per heavy atom. The lowest BCUT2D eigenvalue weighted by molar-refractivity contribution is 0.414. The van der Waals surface area contributed by atoms with Gasteiger partial charge in [-0.25, -0.2) is 18.7 Å². The molecular weight excluding hydrogens is 893 g/mol. The van der Waals surface area contributed by atoms with Crippen LogP contribution in [0.15, 0.2) is 201 Å². The molecule has 358 valence electrons. The maximum atomic E-state index is 5.30. The molecule has 4 aromatic heterocycles. The minimum absolute atomic E-state index is 0.696. The quantitative estimate of drug-likeness (QED) is 0.111. The molecule has 0 fully saturated rings. The Kier molecular flexibility index (Phi) is 15.3. The topological polar surface area (TPSA) is 132 Å². The van der Waals surface area contributed by atoms with E-state index in [1.54, 1.807) is 7.11 Å². The van der Waals surface area contributed by atoms with E-state index in [9.17, 15) is 0 Å². The van der Waals surface area contributed by atoms with Crippen LogP contribution in [0.3, 0.4) is 0 Å². The molecule has 11 rings (SSSR count). The van der Waals surface area contributed by atoms with Gasteiger partial charge in [0.25, 0.3) is 0 Å². The van der Waals surface area contributed by atoms with Gasteiger partial charge in [0, 0.05) is 23.1 Å². The number of nitrogens with zero attached hydrogens (tertiary/aromatic N) is 12. The van der Waals surface area contributed by atoms with Crippen molar-refractivity contribution in [2.24, 2.45) is 0 Å². The molecule has 0 saturated carbocycles. The predicted molar refractivity (Wildman–Crippen MR) is 283 cm³/mol. The Hall–Kier alpha value is -9.10. The smallest absolute Gasteiger partial charge is 0.119 e. The summed E-state index contributed by atoms with van der Waals surface area (Å²) in [7, 11) is 1.67. The summed E-state index contributed by atoms with van der Waals surface area (Å²) in [4.78, 5) is 0. The van der Waals surface area contributed by atoms with Gasteiger partial charge in [-0.1, -0.05) is 166 Å². The van der Waals surface area contributed by atoms with Crippen LogP contribution < -0.4 is 4.74 Å². The molecule has 0 aliphatic heterocycles. The zero-order chi connectivity index (χ0) is 49.7. The van der Waals surface area contributed by atoms with Gasteiger partial charge in [0.15, 0.2) is 0 Å². The average molecular weight is 949 g/mol. The third-order valence-corrected chi connectivity index (χ3v) is 12.0. The van der Waals surface area contributed by atoms with Crippen LogP contribution in [0.4, 0.5) is 0 Å². The van der Waals surface area contributed by atoms with Gasteiger partial charge in [-0.05, 0) is 103 Å². The molecule has 13 heteroatoms. The van der Waals surface area contributed by atoms with E-state index in [2.05, 4.69) is 135 Å². The maximum absolute atomic E-state index is 5.30. The maximum Gasteiger partial charge on any atom is 0.119 e. The fourth-order valence-corrected chi connectivity index (χ4v) is 8.24. The standard InChI is InChI=1S/C24H20N6.C18H19N3.C17H17N3O/c1-3-8-19(9-4-1)15-29-17-23(25-27-29)21-12-7-13-22(14-21)24-18-30(28-26-24)16-20-10-5-2-6-11-20;1-13-9-14(2)15(3)18(10-13)21-12-17(19-20-21)11-16-7-5-4-6-8-16;1-13-8-15(10-16(9-13)21-2)17-12-20(19-18-17)11-14-6-4-3-5-7-14/h1-14,17-18H,15-16H2;4-10,12H,11H2,1-3H3;3-10,12H,11H2,1-2H3. The Balaban J connectivity index is 0.000000137. The van der Waals surface area contributed by atoms with Crippen LogP contribution in [-0.4, -0.2) is 67.1 Å². The fraction of sp³-hybridized carbons (Fsp3) is 0.153. The first-order valence-corrected chi connectivity index (χ1v) is 23.8. The van der Waals surface area contributed by atoms with Crippen molar-refractivity contribution in [1.82, 2.24) is 60.0 Å². The summed E-state index contributed by atoms with van der Waals surface area (Å²) < 4.78 is 12.7. The summed E-state index contributed by atoms with van der Waals surface area (Å²) in [6.45, 7) is 10.5. The first-order valence-electron chi connectivity index (χ1n) is 23.8. The zero-order valence-corrected chi connectivity index (χ0v) is 41.2. The largest absolute Gasteiger partial charge is 0.497 e. The summed E-state index contributed by atoms with van der Waals surface area (Å²) in [6, 6.07) is 59.6.